The number of unbranched alkanes of at least 4 members (excludes halogenated alkanes) is 1. The molecule has 0 radical (unpaired) electrons. The molecule has 1 atom stereocenters. The highest BCUT2D eigenvalue weighted by Crippen LogP contribution is 2.33. The summed E-state index contributed by atoms with van der Waals surface area (Å²) in [5.74, 6) is 0.642. The Kier molecular flexibility index (Phi) is 7.72. The Morgan fingerprint density at radius 2 is 2.16 bits per heavy atom. The van der Waals surface area contributed by atoms with E-state index >= 15 is 0 Å². The molecule has 3 N–H and O–H groups in total. The van der Waals surface area contributed by atoms with Crippen molar-refractivity contribution in [3.63, 3.8) is 0 Å². The van der Waals surface area contributed by atoms with E-state index in [2.05, 4.69) is 27.6 Å². The Morgan fingerprint density at radius 1 is 1.40 bits per heavy atom. The molecule has 0 bridgehead atoms. The van der Waals surface area contributed by atoms with E-state index in [-0.39, 0.29) is 16.9 Å². The first-order valence-corrected chi connectivity index (χ1v) is 10.3. The van der Waals surface area contributed by atoms with Gasteiger partial charge in [-0.25, -0.2) is 0 Å². The number of amides is 2. The van der Waals surface area contributed by atoms with Gasteiger partial charge in [-0.3, -0.25) is 9.59 Å². The predicted molar refractivity (Wildman–Crippen MR) is 98.9 cm³/mol. The number of anilines is 1. The Morgan fingerprint density at radius 3 is 2.80 bits per heavy atom. The van der Waals surface area contributed by atoms with Gasteiger partial charge >= 0.3 is 0 Å². The summed E-state index contributed by atoms with van der Waals surface area (Å²) in [6, 6.07) is 1.67. The van der Waals surface area contributed by atoms with Gasteiger partial charge in [0.1, 0.15) is 5.76 Å². The molecule has 0 aliphatic heterocycles. The van der Waals surface area contributed by atoms with Crippen molar-refractivity contribution in [1.82, 2.24) is 15.4 Å². The first-order valence-electron chi connectivity index (χ1n) is 7.63. The summed E-state index contributed by atoms with van der Waals surface area (Å²) >= 11 is 3.95. The van der Waals surface area contributed by atoms with E-state index in [0.29, 0.717) is 26.7 Å². The molecule has 0 aliphatic carbocycles. The summed E-state index contributed by atoms with van der Waals surface area (Å²) in [6.45, 7) is 3.84. The maximum absolute atomic E-state index is 12.5. The standard InChI is InChI=1S/C14H19N5O3S3/c1-3-4-5-9(12(21)16-11-6-8(2)22-19-11)24-14-18-17-13(25-14)23-7-10(15)20/h6,9H,3-5,7H2,1-2H3,(H2,15,20)(H,16,19,21). The van der Waals surface area contributed by atoms with Gasteiger partial charge in [-0.1, -0.05) is 59.8 Å². The van der Waals surface area contributed by atoms with E-state index in [9.17, 15) is 9.59 Å². The van der Waals surface area contributed by atoms with E-state index in [1.54, 1.807) is 13.0 Å². The maximum Gasteiger partial charge on any atom is 0.239 e. The molecule has 0 aromatic carbocycles. The molecule has 136 valence electrons. The van der Waals surface area contributed by atoms with Gasteiger partial charge in [0, 0.05) is 6.07 Å². The van der Waals surface area contributed by atoms with Crippen LogP contribution in [-0.2, 0) is 9.59 Å². The average Bonchev–Trinajstić information content (AvgIpc) is 3.18. The molecule has 2 amide bonds. The minimum atomic E-state index is -0.405. The minimum absolute atomic E-state index is 0.145. The second kappa shape index (κ2) is 9.78. The lowest BCUT2D eigenvalue weighted by Crippen LogP contribution is -2.25. The lowest BCUT2D eigenvalue weighted by molar-refractivity contribution is -0.116. The van der Waals surface area contributed by atoms with Crippen LogP contribution in [0.5, 0.6) is 0 Å². The highest BCUT2D eigenvalue weighted by atomic mass is 32.2. The number of nitrogens with one attached hydrogen (secondary N) is 1. The molecular weight excluding hydrogens is 382 g/mol. The SMILES string of the molecule is CCCCC(Sc1nnc(SCC(N)=O)s1)C(=O)Nc1cc(C)on1. The van der Waals surface area contributed by atoms with Gasteiger partial charge in [-0.2, -0.15) is 0 Å². The number of rotatable bonds is 10. The Bertz CT molecular complexity index is 718. The first-order chi connectivity index (χ1) is 12.0. The maximum atomic E-state index is 12.5. The molecule has 25 heavy (non-hydrogen) atoms. The van der Waals surface area contributed by atoms with E-state index in [1.165, 1.54) is 34.9 Å². The van der Waals surface area contributed by atoms with Crippen molar-refractivity contribution in [2.24, 2.45) is 5.73 Å². The fourth-order valence-electron chi connectivity index (χ4n) is 1.82. The third-order valence-corrected chi connectivity index (χ3v) is 6.39. The number of aryl methyl sites for hydroxylation is 1. The quantitative estimate of drug-likeness (QED) is 0.582. The van der Waals surface area contributed by atoms with Gasteiger partial charge in [0.25, 0.3) is 0 Å². The number of thioether (sulfide) groups is 2. The van der Waals surface area contributed by atoms with Crippen LogP contribution >= 0.6 is 34.9 Å². The van der Waals surface area contributed by atoms with Crippen molar-refractivity contribution in [3.8, 4) is 0 Å². The van der Waals surface area contributed by atoms with Crippen LogP contribution in [0.2, 0.25) is 0 Å². The van der Waals surface area contributed by atoms with Crippen molar-refractivity contribution >= 4 is 52.5 Å². The molecule has 0 spiro atoms. The van der Waals surface area contributed by atoms with Crippen LogP contribution in [0.15, 0.2) is 19.3 Å². The second-order valence-corrected chi connectivity index (χ2v) is 8.80. The van der Waals surface area contributed by atoms with Crippen molar-refractivity contribution in [3.05, 3.63) is 11.8 Å². The average molecular weight is 402 g/mol. The Balaban J connectivity index is 1.98. The molecular formula is C14H19N5O3S3. The normalized spacial score (nSPS) is 12.1. The lowest BCUT2D eigenvalue weighted by Gasteiger charge is -2.13. The fourth-order valence-corrected chi connectivity index (χ4v) is 4.87. The van der Waals surface area contributed by atoms with Gasteiger partial charge in [0.15, 0.2) is 14.5 Å². The zero-order chi connectivity index (χ0) is 18.2. The monoisotopic (exact) mass is 401 g/mol. The fraction of sp³-hybridized carbons (Fsp3) is 0.500. The topological polar surface area (TPSA) is 124 Å². The van der Waals surface area contributed by atoms with Crippen LogP contribution in [0.25, 0.3) is 0 Å². The molecule has 2 aromatic heterocycles. The van der Waals surface area contributed by atoms with E-state index in [4.69, 9.17) is 10.3 Å². The molecule has 0 saturated carbocycles. The van der Waals surface area contributed by atoms with Gasteiger partial charge in [-0.15, -0.1) is 10.2 Å². The molecule has 2 aromatic rings. The van der Waals surface area contributed by atoms with Crippen LogP contribution in [0.1, 0.15) is 31.9 Å². The lowest BCUT2D eigenvalue weighted by atomic mass is 10.2. The van der Waals surface area contributed by atoms with Crippen LogP contribution in [0.4, 0.5) is 5.82 Å². The van der Waals surface area contributed by atoms with Crippen molar-refractivity contribution in [2.75, 3.05) is 11.1 Å². The third-order valence-electron chi connectivity index (χ3n) is 2.96. The molecule has 0 fully saturated rings. The minimum Gasteiger partial charge on any atom is -0.369 e. The molecule has 2 rings (SSSR count). The number of carbonyl (C=O) groups is 2. The van der Waals surface area contributed by atoms with Gasteiger partial charge in [0.05, 0.1) is 11.0 Å². The molecule has 11 heteroatoms. The number of aromatic nitrogens is 3. The Labute approximate surface area is 157 Å². The first kappa shape index (κ1) is 19.7. The summed E-state index contributed by atoms with van der Waals surface area (Å²) in [7, 11) is 0. The largest absolute Gasteiger partial charge is 0.369 e. The van der Waals surface area contributed by atoms with E-state index in [0.717, 1.165) is 12.8 Å². The number of hydrogen-bond donors (Lipinski definition) is 2. The van der Waals surface area contributed by atoms with E-state index in [1.807, 2.05) is 0 Å². The van der Waals surface area contributed by atoms with Crippen LogP contribution in [0, 0.1) is 6.92 Å². The highest BCUT2D eigenvalue weighted by molar-refractivity contribution is 8.04. The number of nitrogens with zero attached hydrogens (tertiary/aromatic N) is 3. The zero-order valence-corrected chi connectivity index (χ0v) is 16.3. The summed E-state index contributed by atoms with van der Waals surface area (Å²) in [5.41, 5.74) is 5.12. The predicted octanol–water partition coefficient (Wildman–Crippen LogP) is 2.70. The summed E-state index contributed by atoms with van der Waals surface area (Å²) in [4.78, 5) is 23.4. The zero-order valence-electron chi connectivity index (χ0n) is 13.9. The number of nitrogens with two attached hydrogens (primary N) is 1. The second-order valence-electron chi connectivity index (χ2n) is 5.15. The number of hydrogen-bond acceptors (Lipinski definition) is 9. The van der Waals surface area contributed by atoms with Crippen molar-refractivity contribution in [1.29, 1.82) is 0 Å². The smallest absolute Gasteiger partial charge is 0.239 e. The van der Waals surface area contributed by atoms with Crippen molar-refractivity contribution < 1.29 is 14.1 Å². The number of primary amides is 1. The summed E-state index contributed by atoms with van der Waals surface area (Å²) in [6.07, 6.45) is 2.63. The van der Waals surface area contributed by atoms with Crippen molar-refractivity contribution in [2.45, 2.75) is 47.0 Å². The summed E-state index contributed by atoms with van der Waals surface area (Å²) in [5, 5.41) is 14.3. The number of carbonyl (C=O) groups excluding carboxylic acids is 2. The van der Waals surface area contributed by atoms with Gasteiger partial charge in [0.2, 0.25) is 11.8 Å². The third kappa shape index (κ3) is 6.67. The van der Waals surface area contributed by atoms with Crippen LogP contribution in [-0.4, -0.2) is 38.2 Å². The van der Waals surface area contributed by atoms with Gasteiger partial charge < -0.3 is 15.6 Å². The Hall–Kier alpha value is -1.59. The molecule has 8 nitrogen and oxygen atoms in total. The van der Waals surface area contributed by atoms with E-state index < -0.39 is 5.91 Å². The highest BCUT2D eigenvalue weighted by Gasteiger charge is 2.22. The molecule has 0 saturated heterocycles. The molecule has 1 unspecified atom stereocenters. The molecule has 0 aliphatic rings. The van der Waals surface area contributed by atoms with Gasteiger partial charge in [-0.05, 0) is 13.3 Å². The summed E-state index contributed by atoms with van der Waals surface area (Å²) < 4.78 is 6.30. The van der Waals surface area contributed by atoms with Crippen LogP contribution in [0.3, 0.4) is 0 Å². The van der Waals surface area contributed by atoms with Crippen LogP contribution < -0.4 is 11.1 Å². The molecule has 2 heterocycles.